The summed E-state index contributed by atoms with van der Waals surface area (Å²) in [4.78, 5) is 0. The monoisotopic (exact) mass is 205 g/mol. The quantitative estimate of drug-likeness (QED) is 0.601. The van der Waals surface area contributed by atoms with Crippen LogP contribution in [-0.4, -0.2) is 47.0 Å². The topological polar surface area (TPSA) is 52.5 Å². The Morgan fingerprint density at radius 3 is 2.92 bits per heavy atom. The van der Waals surface area contributed by atoms with Crippen LogP contribution in [0.4, 0.5) is 0 Å². The summed E-state index contributed by atoms with van der Waals surface area (Å²) in [7, 11) is 1.99. The van der Waals surface area contributed by atoms with E-state index in [1.165, 1.54) is 19.3 Å². The van der Waals surface area contributed by atoms with Crippen LogP contribution in [-0.2, 0) is 0 Å². The molecule has 3 atom stereocenters. The average Bonchev–Trinajstić information content (AvgIpc) is 2.61. The molecule has 13 heavy (non-hydrogen) atoms. The zero-order valence-corrected chi connectivity index (χ0v) is 8.89. The highest BCUT2D eigenvalue weighted by atomic mass is 32.2. The third kappa shape index (κ3) is 3.46. The van der Waals surface area contributed by atoms with Gasteiger partial charge in [0.2, 0.25) is 0 Å². The molecule has 78 valence electrons. The zero-order chi connectivity index (χ0) is 9.68. The summed E-state index contributed by atoms with van der Waals surface area (Å²) < 4.78 is 0. The molecule has 0 saturated heterocycles. The van der Waals surface area contributed by atoms with Gasteiger partial charge in [-0.2, -0.15) is 11.8 Å². The second-order valence-electron chi connectivity index (χ2n) is 3.53. The number of aliphatic hydroxyl groups is 2. The van der Waals surface area contributed by atoms with Crippen molar-refractivity contribution in [1.82, 2.24) is 5.32 Å². The normalized spacial score (nSPS) is 30.7. The van der Waals surface area contributed by atoms with Crippen LogP contribution < -0.4 is 5.32 Å². The molecular weight excluding hydrogens is 186 g/mol. The number of hydrogen-bond donors (Lipinski definition) is 3. The van der Waals surface area contributed by atoms with Crippen molar-refractivity contribution in [2.75, 3.05) is 19.4 Å². The van der Waals surface area contributed by atoms with Crippen LogP contribution in [0.5, 0.6) is 0 Å². The maximum atomic E-state index is 9.19. The lowest BCUT2D eigenvalue weighted by Gasteiger charge is -2.19. The zero-order valence-electron chi connectivity index (χ0n) is 8.07. The Kier molecular flexibility index (Phi) is 5.09. The third-order valence-electron chi connectivity index (χ3n) is 2.54. The van der Waals surface area contributed by atoms with Crippen LogP contribution in [0.15, 0.2) is 0 Å². The lowest BCUT2D eigenvalue weighted by molar-refractivity contribution is 0.113. The van der Waals surface area contributed by atoms with Crippen molar-refractivity contribution in [3.8, 4) is 0 Å². The van der Waals surface area contributed by atoms with Crippen molar-refractivity contribution < 1.29 is 10.2 Å². The standard InChI is InChI=1S/C9H19NO2S/c1-10-8-3-2-4-9(8)13-6-7(12)5-11/h7-12H,2-6H2,1H3. The van der Waals surface area contributed by atoms with E-state index in [2.05, 4.69) is 5.32 Å². The van der Waals surface area contributed by atoms with Gasteiger partial charge in [-0.05, 0) is 19.9 Å². The first-order chi connectivity index (χ1) is 6.27. The van der Waals surface area contributed by atoms with Crippen molar-refractivity contribution in [3.05, 3.63) is 0 Å². The molecular formula is C9H19NO2S. The van der Waals surface area contributed by atoms with E-state index in [0.29, 0.717) is 17.0 Å². The van der Waals surface area contributed by atoms with E-state index in [0.717, 1.165) is 0 Å². The SMILES string of the molecule is CNC1CCCC1SCC(O)CO. The van der Waals surface area contributed by atoms with Gasteiger partial charge in [0.05, 0.1) is 12.7 Å². The minimum atomic E-state index is -0.553. The van der Waals surface area contributed by atoms with Crippen molar-refractivity contribution in [3.63, 3.8) is 0 Å². The number of hydrogen-bond acceptors (Lipinski definition) is 4. The Morgan fingerprint density at radius 1 is 1.54 bits per heavy atom. The molecule has 0 aromatic heterocycles. The van der Waals surface area contributed by atoms with Crippen molar-refractivity contribution in [2.24, 2.45) is 0 Å². The molecule has 3 nitrogen and oxygen atoms in total. The number of aliphatic hydroxyl groups excluding tert-OH is 2. The minimum Gasteiger partial charge on any atom is -0.394 e. The minimum absolute atomic E-state index is 0.121. The van der Waals surface area contributed by atoms with Gasteiger partial charge in [0.25, 0.3) is 0 Å². The second kappa shape index (κ2) is 5.86. The van der Waals surface area contributed by atoms with E-state index >= 15 is 0 Å². The van der Waals surface area contributed by atoms with E-state index in [9.17, 15) is 5.11 Å². The molecule has 0 heterocycles. The van der Waals surface area contributed by atoms with Crippen LogP contribution in [0, 0.1) is 0 Å². The molecule has 1 rings (SSSR count). The number of nitrogens with one attached hydrogen (secondary N) is 1. The Balaban J connectivity index is 2.19. The second-order valence-corrected chi connectivity index (χ2v) is 4.81. The molecule has 1 aliphatic carbocycles. The lowest BCUT2D eigenvalue weighted by Crippen LogP contribution is -2.32. The highest BCUT2D eigenvalue weighted by Crippen LogP contribution is 2.30. The van der Waals surface area contributed by atoms with Gasteiger partial charge in [0.15, 0.2) is 0 Å². The van der Waals surface area contributed by atoms with Gasteiger partial charge in [0.1, 0.15) is 0 Å². The van der Waals surface area contributed by atoms with E-state index in [4.69, 9.17) is 5.11 Å². The van der Waals surface area contributed by atoms with Crippen LogP contribution in [0.25, 0.3) is 0 Å². The fourth-order valence-electron chi connectivity index (χ4n) is 1.74. The maximum absolute atomic E-state index is 9.19. The molecule has 1 aliphatic rings. The van der Waals surface area contributed by atoms with Crippen LogP contribution in [0.3, 0.4) is 0 Å². The van der Waals surface area contributed by atoms with E-state index in [-0.39, 0.29) is 6.61 Å². The number of rotatable bonds is 5. The van der Waals surface area contributed by atoms with E-state index < -0.39 is 6.10 Å². The highest BCUT2D eigenvalue weighted by molar-refractivity contribution is 8.00. The molecule has 0 bridgehead atoms. The molecule has 0 spiro atoms. The van der Waals surface area contributed by atoms with Crippen LogP contribution in [0.1, 0.15) is 19.3 Å². The van der Waals surface area contributed by atoms with Crippen molar-refractivity contribution in [1.29, 1.82) is 0 Å². The first-order valence-electron chi connectivity index (χ1n) is 4.85. The molecule has 0 aromatic rings. The highest BCUT2D eigenvalue weighted by Gasteiger charge is 2.26. The molecule has 3 N–H and O–H groups in total. The maximum Gasteiger partial charge on any atom is 0.0861 e. The molecule has 1 saturated carbocycles. The average molecular weight is 205 g/mol. The van der Waals surface area contributed by atoms with E-state index in [1.807, 2.05) is 7.05 Å². The van der Waals surface area contributed by atoms with Gasteiger partial charge in [0, 0.05) is 17.0 Å². The smallest absolute Gasteiger partial charge is 0.0861 e. The predicted octanol–water partition coefficient (Wildman–Crippen LogP) is 0.213. The summed E-state index contributed by atoms with van der Waals surface area (Å²) in [6.07, 6.45) is 3.19. The van der Waals surface area contributed by atoms with Crippen molar-refractivity contribution in [2.45, 2.75) is 36.7 Å². The van der Waals surface area contributed by atoms with Gasteiger partial charge >= 0.3 is 0 Å². The first kappa shape index (κ1) is 11.3. The third-order valence-corrected chi connectivity index (χ3v) is 4.11. The predicted molar refractivity (Wildman–Crippen MR) is 56.0 cm³/mol. The van der Waals surface area contributed by atoms with Crippen LogP contribution >= 0.6 is 11.8 Å². The Bertz CT molecular complexity index is 146. The molecule has 0 amide bonds. The Morgan fingerprint density at radius 2 is 2.31 bits per heavy atom. The Labute approximate surface area is 83.9 Å². The van der Waals surface area contributed by atoms with Crippen LogP contribution in [0.2, 0.25) is 0 Å². The van der Waals surface area contributed by atoms with Crippen molar-refractivity contribution >= 4 is 11.8 Å². The largest absolute Gasteiger partial charge is 0.394 e. The molecule has 0 aromatic carbocycles. The summed E-state index contributed by atoms with van der Waals surface area (Å²) in [5.74, 6) is 0.652. The first-order valence-corrected chi connectivity index (χ1v) is 5.90. The number of thioether (sulfide) groups is 1. The summed E-state index contributed by atoms with van der Waals surface area (Å²) in [5.41, 5.74) is 0. The molecule has 4 heteroatoms. The van der Waals surface area contributed by atoms with Gasteiger partial charge in [-0.15, -0.1) is 0 Å². The van der Waals surface area contributed by atoms with Gasteiger partial charge in [-0.3, -0.25) is 0 Å². The lowest BCUT2D eigenvalue weighted by atomic mass is 10.2. The fourth-order valence-corrected chi connectivity index (χ4v) is 3.16. The fraction of sp³-hybridized carbons (Fsp3) is 1.00. The Hall–Kier alpha value is 0.230. The summed E-state index contributed by atoms with van der Waals surface area (Å²) >= 11 is 1.78. The molecule has 0 aliphatic heterocycles. The summed E-state index contributed by atoms with van der Waals surface area (Å²) in [6, 6.07) is 0.593. The van der Waals surface area contributed by atoms with Gasteiger partial charge in [-0.25, -0.2) is 0 Å². The molecule has 1 fully saturated rings. The summed E-state index contributed by atoms with van der Waals surface area (Å²) in [6.45, 7) is -0.121. The molecule has 3 unspecified atom stereocenters. The van der Waals surface area contributed by atoms with Gasteiger partial charge in [-0.1, -0.05) is 6.42 Å². The summed E-state index contributed by atoms with van der Waals surface area (Å²) in [5, 5.41) is 21.7. The molecule has 0 radical (unpaired) electrons. The van der Waals surface area contributed by atoms with E-state index in [1.54, 1.807) is 11.8 Å². The van der Waals surface area contributed by atoms with Gasteiger partial charge < -0.3 is 15.5 Å².